The van der Waals surface area contributed by atoms with Crippen LogP contribution in [0.25, 0.3) is 22.2 Å². The first-order valence-corrected chi connectivity index (χ1v) is 11.2. The number of fused-ring (bicyclic) bond motifs is 1. The lowest BCUT2D eigenvalue weighted by molar-refractivity contribution is 0.102. The van der Waals surface area contributed by atoms with Crippen molar-refractivity contribution in [1.29, 1.82) is 0 Å². The second-order valence-electron chi connectivity index (χ2n) is 7.58. The van der Waals surface area contributed by atoms with Crippen LogP contribution in [0.15, 0.2) is 59.1 Å². The Hall–Kier alpha value is -2.40. The van der Waals surface area contributed by atoms with E-state index >= 15 is 0 Å². The quantitative estimate of drug-likeness (QED) is 0.300. The van der Waals surface area contributed by atoms with Gasteiger partial charge in [-0.15, -0.1) is 0 Å². The SMILES string of the molecule is Cc1cc(C)c2nc(-c3ccc(Cl)cc3Cl)cc(C(=O)Nc3ccc(Br)c(C)c3)c2c1. The molecule has 0 spiro atoms. The first-order chi connectivity index (χ1) is 14.7. The number of aromatic nitrogens is 1. The van der Waals surface area contributed by atoms with E-state index in [1.807, 2.05) is 51.1 Å². The molecule has 0 bridgehead atoms. The minimum absolute atomic E-state index is 0.203. The van der Waals surface area contributed by atoms with Crippen LogP contribution in [0.1, 0.15) is 27.0 Å². The van der Waals surface area contributed by atoms with Crippen molar-refractivity contribution in [3.63, 3.8) is 0 Å². The van der Waals surface area contributed by atoms with Crippen LogP contribution < -0.4 is 5.32 Å². The molecule has 0 fully saturated rings. The molecule has 0 saturated heterocycles. The smallest absolute Gasteiger partial charge is 0.256 e. The van der Waals surface area contributed by atoms with Gasteiger partial charge in [-0.1, -0.05) is 50.8 Å². The fourth-order valence-electron chi connectivity index (χ4n) is 3.62. The molecule has 1 heterocycles. The fraction of sp³-hybridized carbons (Fsp3) is 0.120. The summed E-state index contributed by atoms with van der Waals surface area (Å²) in [4.78, 5) is 18.2. The predicted octanol–water partition coefficient (Wildman–Crippen LogP) is 8.15. The minimum Gasteiger partial charge on any atom is -0.322 e. The molecule has 6 heteroatoms. The maximum atomic E-state index is 13.4. The van der Waals surface area contributed by atoms with E-state index in [-0.39, 0.29) is 5.91 Å². The number of nitrogens with zero attached hydrogens (tertiary/aromatic N) is 1. The summed E-state index contributed by atoms with van der Waals surface area (Å²) in [6.45, 7) is 5.99. The molecule has 4 aromatic rings. The van der Waals surface area contributed by atoms with Crippen molar-refractivity contribution < 1.29 is 4.79 Å². The summed E-state index contributed by atoms with van der Waals surface area (Å²) >= 11 is 16.0. The molecule has 3 nitrogen and oxygen atoms in total. The van der Waals surface area contributed by atoms with Crippen LogP contribution in [0, 0.1) is 20.8 Å². The molecule has 4 rings (SSSR count). The summed E-state index contributed by atoms with van der Waals surface area (Å²) in [6, 6.07) is 16.8. The molecule has 1 aromatic heterocycles. The highest BCUT2D eigenvalue weighted by Crippen LogP contribution is 2.33. The Kier molecular flexibility index (Phi) is 6.07. The number of halogens is 3. The van der Waals surface area contributed by atoms with Crippen LogP contribution >= 0.6 is 39.1 Å². The Labute approximate surface area is 199 Å². The predicted molar refractivity (Wildman–Crippen MR) is 134 cm³/mol. The lowest BCUT2D eigenvalue weighted by Gasteiger charge is -2.14. The number of nitrogens with one attached hydrogen (secondary N) is 1. The largest absolute Gasteiger partial charge is 0.322 e. The molecule has 0 aliphatic carbocycles. The van der Waals surface area contributed by atoms with E-state index in [1.54, 1.807) is 18.2 Å². The normalized spacial score (nSPS) is 11.0. The number of hydrogen-bond acceptors (Lipinski definition) is 2. The highest BCUT2D eigenvalue weighted by Gasteiger charge is 2.17. The van der Waals surface area contributed by atoms with Crippen molar-refractivity contribution in [3.05, 3.63) is 91.4 Å². The highest BCUT2D eigenvalue weighted by atomic mass is 79.9. The average molecular weight is 514 g/mol. The van der Waals surface area contributed by atoms with Gasteiger partial charge in [0.1, 0.15) is 0 Å². The van der Waals surface area contributed by atoms with E-state index in [1.165, 1.54) is 0 Å². The van der Waals surface area contributed by atoms with Gasteiger partial charge >= 0.3 is 0 Å². The van der Waals surface area contributed by atoms with E-state index in [2.05, 4.69) is 27.3 Å². The molecule has 0 radical (unpaired) electrons. The Bertz CT molecular complexity index is 1350. The molecule has 31 heavy (non-hydrogen) atoms. The summed E-state index contributed by atoms with van der Waals surface area (Å²) in [6.07, 6.45) is 0. The third-order valence-corrected chi connectivity index (χ3v) is 6.55. The van der Waals surface area contributed by atoms with Crippen molar-refractivity contribution in [2.45, 2.75) is 20.8 Å². The summed E-state index contributed by atoms with van der Waals surface area (Å²) in [5.74, 6) is -0.203. The van der Waals surface area contributed by atoms with Crippen molar-refractivity contribution in [2.75, 3.05) is 5.32 Å². The zero-order chi connectivity index (χ0) is 22.3. The van der Waals surface area contributed by atoms with Crippen LogP contribution in [-0.4, -0.2) is 10.9 Å². The number of amides is 1. The molecular formula is C25H19BrCl2N2O. The molecule has 0 aliphatic rings. The van der Waals surface area contributed by atoms with Gasteiger partial charge in [0.2, 0.25) is 0 Å². The molecule has 156 valence electrons. The number of rotatable bonds is 3. The van der Waals surface area contributed by atoms with Crippen LogP contribution in [0.5, 0.6) is 0 Å². The monoisotopic (exact) mass is 512 g/mol. The molecule has 1 amide bonds. The number of pyridine rings is 1. The summed E-state index contributed by atoms with van der Waals surface area (Å²) in [5, 5.41) is 4.85. The highest BCUT2D eigenvalue weighted by molar-refractivity contribution is 9.10. The topological polar surface area (TPSA) is 42.0 Å². The number of anilines is 1. The van der Waals surface area contributed by atoms with E-state index < -0.39 is 0 Å². The van der Waals surface area contributed by atoms with Gasteiger partial charge < -0.3 is 5.32 Å². The van der Waals surface area contributed by atoms with Gasteiger partial charge in [0.05, 0.1) is 21.8 Å². The van der Waals surface area contributed by atoms with Crippen LogP contribution in [-0.2, 0) is 0 Å². The molecule has 0 saturated carbocycles. The Morgan fingerprint density at radius 2 is 1.71 bits per heavy atom. The molecular weight excluding hydrogens is 495 g/mol. The summed E-state index contributed by atoms with van der Waals surface area (Å²) in [5.41, 5.74) is 6.49. The average Bonchev–Trinajstić information content (AvgIpc) is 2.70. The zero-order valence-corrected chi connectivity index (χ0v) is 20.3. The molecule has 3 aromatic carbocycles. The van der Waals surface area contributed by atoms with Gasteiger partial charge in [-0.25, -0.2) is 4.98 Å². The maximum Gasteiger partial charge on any atom is 0.256 e. The standard InChI is InChI=1S/C25H19BrCl2N2O/c1-13-8-15(3)24-19(9-13)20(25(31)29-17-5-7-21(26)14(2)10-17)12-23(30-24)18-6-4-16(27)11-22(18)28/h4-12H,1-3H3,(H,29,31). The minimum atomic E-state index is -0.203. The third-order valence-electron chi connectivity index (χ3n) is 5.12. The second kappa shape index (κ2) is 8.62. The lowest BCUT2D eigenvalue weighted by Crippen LogP contribution is -2.13. The number of carbonyl (C=O) groups is 1. The van der Waals surface area contributed by atoms with Crippen LogP contribution in [0.2, 0.25) is 10.0 Å². The Morgan fingerprint density at radius 3 is 2.42 bits per heavy atom. The molecule has 0 unspecified atom stereocenters. The number of benzene rings is 3. The van der Waals surface area contributed by atoms with E-state index in [4.69, 9.17) is 28.2 Å². The van der Waals surface area contributed by atoms with E-state index in [0.29, 0.717) is 21.3 Å². The summed E-state index contributed by atoms with van der Waals surface area (Å²) < 4.78 is 0.991. The molecule has 0 atom stereocenters. The van der Waals surface area contributed by atoms with Gasteiger partial charge in [-0.05, 0) is 80.4 Å². The van der Waals surface area contributed by atoms with Gasteiger partial charge in [0.25, 0.3) is 5.91 Å². The van der Waals surface area contributed by atoms with Crippen molar-refractivity contribution in [1.82, 2.24) is 4.98 Å². The maximum absolute atomic E-state index is 13.4. The van der Waals surface area contributed by atoms with Crippen LogP contribution in [0.4, 0.5) is 5.69 Å². The lowest BCUT2D eigenvalue weighted by atomic mass is 9.99. The fourth-order valence-corrected chi connectivity index (χ4v) is 4.38. The van der Waals surface area contributed by atoms with Crippen molar-refractivity contribution in [3.8, 4) is 11.3 Å². The van der Waals surface area contributed by atoms with Gasteiger partial charge in [-0.3, -0.25) is 4.79 Å². The molecule has 0 aliphatic heterocycles. The second-order valence-corrected chi connectivity index (χ2v) is 9.27. The third kappa shape index (κ3) is 4.47. The van der Waals surface area contributed by atoms with E-state index in [0.717, 1.165) is 43.3 Å². The number of carbonyl (C=O) groups excluding carboxylic acids is 1. The van der Waals surface area contributed by atoms with Crippen molar-refractivity contribution >= 4 is 61.6 Å². The van der Waals surface area contributed by atoms with Gasteiger partial charge in [-0.2, -0.15) is 0 Å². The number of aryl methyl sites for hydroxylation is 3. The van der Waals surface area contributed by atoms with Gasteiger partial charge in [0.15, 0.2) is 0 Å². The summed E-state index contributed by atoms with van der Waals surface area (Å²) in [7, 11) is 0. The number of hydrogen-bond donors (Lipinski definition) is 1. The first kappa shape index (κ1) is 21.8. The zero-order valence-electron chi connectivity index (χ0n) is 17.2. The Balaban J connectivity index is 1.89. The Morgan fingerprint density at radius 1 is 0.935 bits per heavy atom. The molecule has 1 N–H and O–H groups in total. The van der Waals surface area contributed by atoms with E-state index in [9.17, 15) is 4.79 Å². The van der Waals surface area contributed by atoms with Crippen LogP contribution in [0.3, 0.4) is 0 Å². The first-order valence-electron chi connectivity index (χ1n) is 9.68. The van der Waals surface area contributed by atoms with Gasteiger partial charge in [0, 0.05) is 26.1 Å². The van der Waals surface area contributed by atoms with Crippen molar-refractivity contribution in [2.24, 2.45) is 0 Å².